The minimum absolute atomic E-state index is 0.0278. The van der Waals surface area contributed by atoms with Crippen LogP contribution < -0.4 is 5.32 Å². The molecule has 1 fully saturated rings. The molecule has 1 saturated heterocycles. The molecule has 0 saturated carbocycles. The Hall–Kier alpha value is -3.35. The third-order valence-corrected chi connectivity index (χ3v) is 4.69. The Bertz CT molecular complexity index is 910. The zero-order chi connectivity index (χ0) is 18.6. The summed E-state index contributed by atoms with van der Waals surface area (Å²) in [5.41, 5.74) is 1.29. The smallest absolute Gasteiger partial charge is 0.289 e. The molecular formula is C20H20N4O3. The average molecular weight is 364 g/mol. The highest BCUT2D eigenvalue weighted by Crippen LogP contribution is 2.15. The molecule has 0 unspecified atom stereocenters. The number of hydrogen-bond donors (Lipinski definition) is 1. The highest BCUT2D eigenvalue weighted by molar-refractivity contribution is 5.93. The molecule has 27 heavy (non-hydrogen) atoms. The highest BCUT2D eigenvalue weighted by Gasteiger charge is 2.26. The van der Waals surface area contributed by atoms with E-state index in [2.05, 4.69) is 10.4 Å². The van der Waals surface area contributed by atoms with Crippen LogP contribution in [-0.4, -0.2) is 45.6 Å². The number of benzene rings is 1. The number of nitrogens with zero attached hydrogens (tertiary/aromatic N) is 3. The standard InChI is InChI=1S/C20H20N4O3/c25-19(17-10-13-24(22-17)16-5-2-1-3-6-16)21-15-8-11-23(12-9-15)20(26)18-7-4-14-27-18/h1-7,10,13-15H,8-9,11-12H2,(H,21,25). The topological polar surface area (TPSA) is 80.4 Å². The van der Waals surface area contributed by atoms with Crippen molar-refractivity contribution in [2.75, 3.05) is 13.1 Å². The summed E-state index contributed by atoms with van der Waals surface area (Å²) in [6.07, 6.45) is 4.68. The van der Waals surface area contributed by atoms with Crippen molar-refractivity contribution < 1.29 is 14.0 Å². The van der Waals surface area contributed by atoms with Gasteiger partial charge in [-0.3, -0.25) is 9.59 Å². The lowest BCUT2D eigenvalue weighted by atomic mass is 10.0. The van der Waals surface area contributed by atoms with Crippen molar-refractivity contribution >= 4 is 11.8 Å². The predicted molar refractivity (Wildman–Crippen MR) is 98.7 cm³/mol. The van der Waals surface area contributed by atoms with E-state index in [1.165, 1.54) is 6.26 Å². The number of rotatable bonds is 4. The minimum atomic E-state index is -0.194. The maximum atomic E-state index is 12.5. The second kappa shape index (κ2) is 7.49. The molecule has 0 spiro atoms. The Kier molecular flexibility index (Phi) is 4.74. The van der Waals surface area contributed by atoms with E-state index in [-0.39, 0.29) is 17.9 Å². The second-order valence-electron chi connectivity index (χ2n) is 6.50. The lowest BCUT2D eigenvalue weighted by molar-refractivity contribution is 0.0667. The van der Waals surface area contributed by atoms with Crippen molar-refractivity contribution in [3.05, 3.63) is 72.4 Å². The van der Waals surface area contributed by atoms with Crippen molar-refractivity contribution in [2.24, 2.45) is 0 Å². The number of carbonyl (C=O) groups excluding carboxylic acids is 2. The van der Waals surface area contributed by atoms with Gasteiger partial charge in [-0.05, 0) is 43.2 Å². The summed E-state index contributed by atoms with van der Waals surface area (Å²) in [6, 6.07) is 14.7. The van der Waals surface area contributed by atoms with Crippen LogP contribution in [0.1, 0.15) is 33.9 Å². The SMILES string of the molecule is O=C(NC1CCN(C(=O)c2ccco2)CC1)c1ccn(-c2ccccc2)n1. The van der Waals surface area contributed by atoms with Gasteiger partial charge >= 0.3 is 0 Å². The molecule has 1 aliphatic heterocycles. The number of piperidine rings is 1. The normalized spacial score (nSPS) is 14.9. The van der Waals surface area contributed by atoms with Crippen molar-refractivity contribution in [1.29, 1.82) is 0 Å². The molecular weight excluding hydrogens is 344 g/mol. The Morgan fingerprint density at radius 2 is 1.81 bits per heavy atom. The van der Waals surface area contributed by atoms with Crippen LogP contribution in [0.5, 0.6) is 0 Å². The third-order valence-electron chi connectivity index (χ3n) is 4.69. The van der Waals surface area contributed by atoms with Crippen LogP contribution >= 0.6 is 0 Å². The predicted octanol–water partition coefficient (Wildman–Crippen LogP) is 2.50. The molecule has 2 amide bonds. The largest absolute Gasteiger partial charge is 0.459 e. The van der Waals surface area contributed by atoms with E-state index in [0.717, 1.165) is 5.69 Å². The van der Waals surface area contributed by atoms with Gasteiger partial charge in [0.25, 0.3) is 11.8 Å². The fraction of sp³-hybridized carbons (Fsp3) is 0.250. The molecule has 0 bridgehead atoms. The summed E-state index contributed by atoms with van der Waals surface area (Å²) in [6.45, 7) is 1.17. The second-order valence-corrected chi connectivity index (χ2v) is 6.50. The molecule has 0 atom stereocenters. The van der Waals surface area contributed by atoms with Gasteiger partial charge in [-0.25, -0.2) is 4.68 Å². The molecule has 1 aromatic carbocycles. The molecule has 3 heterocycles. The van der Waals surface area contributed by atoms with E-state index in [1.807, 2.05) is 30.3 Å². The van der Waals surface area contributed by atoms with Crippen molar-refractivity contribution in [3.63, 3.8) is 0 Å². The number of para-hydroxylation sites is 1. The summed E-state index contributed by atoms with van der Waals surface area (Å²) >= 11 is 0. The van der Waals surface area contributed by atoms with E-state index in [0.29, 0.717) is 37.4 Å². The molecule has 1 aliphatic rings. The first-order valence-electron chi connectivity index (χ1n) is 8.95. The number of furan rings is 1. The molecule has 1 N–H and O–H groups in total. The van der Waals surface area contributed by atoms with Gasteiger partial charge in [0.05, 0.1) is 12.0 Å². The van der Waals surface area contributed by atoms with Gasteiger partial charge in [0.1, 0.15) is 0 Å². The molecule has 0 aliphatic carbocycles. The minimum Gasteiger partial charge on any atom is -0.459 e. The monoisotopic (exact) mass is 364 g/mol. The van der Waals surface area contributed by atoms with Gasteiger partial charge in [-0.1, -0.05) is 18.2 Å². The number of amides is 2. The van der Waals surface area contributed by atoms with E-state index in [9.17, 15) is 9.59 Å². The number of hydrogen-bond acceptors (Lipinski definition) is 4. The van der Waals surface area contributed by atoms with Gasteiger partial charge in [-0.15, -0.1) is 0 Å². The van der Waals surface area contributed by atoms with Crippen LogP contribution in [0.15, 0.2) is 65.4 Å². The first-order chi connectivity index (χ1) is 13.2. The molecule has 4 rings (SSSR count). The highest BCUT2D eigenvalue weighted by atomic mass is 16.3. The Morgan fingerprint density at radius 1 is 1.04 bits per heavy atom. The van der Waals surface area contributed by atoms with Crippen molar-refractivity contribution in [3.8, 4) is 5.69 Å². The quantitative estimate of drug-likeness (QED) is 0.771. The maximum absolute atomic E-state index is 12.5. The Morgan fingerprint density at radius 3 is 2.52 bits per heavy atom. The Labute approximate surface area is 156 Å². The lowest BCUT2D eigenvalue weighted by Gasteiger charge is -2.31. The summed E-state index contributed by atoms with van der Waals surface area (Å²) in [4.78, 5) is 26.5. The van der Waals surface area contributed by atoms with E-state index in [1.54, 1.807) is 34.0 Å². The zero-order valence-electron chi connectivity index (χ0n) is 14.7. The Balaban J connectivity index is 1.32. The zero-order valence-corrected chi connectivity index (χ0v) is 14.7. The lowest BCUT2D eigenvalue weighted by Crippen LogP contribution is -2.46. The first-order valence-corrected chi connectivity index (χ1v) is 8.95. The fourth-order valence-electron chi connectivity index (χ4n) is 3.21. The summed E-state index contributed by atoms with van der Waals surface area (Å²) in [5, 5.41) is 7.37. The van der Waals surface area contributed by atoms with Crippen LogP contribution in [0.3, 0.4) is 0 Å². The molecule has 7 nitrogen and oxygen atoms in total. The molecule has 7 heteroatoms. The summed E-state index contributed by atoms with van der Waals surface area (Å²) in [5.74, 6) is 0.0517. The van der Waals surface area contributed by atoms with E-state index < -0.39 is 0 Å². The number of aromatic nitrogens is 2. The van der Waals surface area contributed by atoms with E-state index >= 15 is 0 Å². The maximum Gasteiger partial charge on any atom is 0.289 e. The van der Waals surface area contributed by atoms with Crippen molar-refractivity contribution in [2.45, 2.75) is 18.9 Å². The van der Waals surface area contributed by atoms with Crippen LogP contribution in [0.4, 0.5) is 0 Å². The number of carbonyl (C=O) groups is 2. The van der Waals surface area contributed by atoms with Gasteiger partial charge in [0, 0.05) is 25.3 Å². The molecule has 2 aromatic heterocycles. The first kappa shape index (κ1) is 17.1. The van der Waals surface area contributed by atoms with Crippen LogP contribution in [0.25, 0.3) is 5.69 Å². The molecule has 138 valence electrons. The average Bonchev–Trinajstić information content (AvgIpc) is 3.41. The summed E-state index contributed by atoms with van der Waals surface area (Å²) < 4.78 is 6.85. The molecule has 0 radical (unpaired) electrons. The number of nitrogens with one attached hydrogen (secondary N) is 1. The van der Waals surface area contributed by atoms with Gasteiger partial charge < -0.3 is 14.6 Å². The van der Waals surface area contributed by atoms with Crippen molar-refractivity contribution in [1.82, 2.24) is 20.0 Å². The van der Waals surface area contributed by atoms with Crippen LogP contribution in [0.2, 0.25) is 0 Å². The van der Waals surface area contributed by atoms with Gasteiger partial charge in [0.2, 0.25) is 0 Å². The summed E-state index contributed by atoms with van der Waals surface area (Å²) in [7, 11) is 0. The fourth-order valence-corrected chi connectivity index (χ4v) is 3.21. The number of likely N-dealkylation sites (tertiary alicyclic amines) is 1. The third kappa shape index (κ3) is 3.76. The van der Waals surface area contributed by atoms with Gasteiger partial charge in [-0.2, -0.15) is 5.10 Å². The van der Waals surface area contributed by atoms with Crippen LogP contribution in [-0.2, 0) is 0 Å². The molecule has 3 aromatic rings. The van der Waals surface area contributed by atoms with Gasteiger partial charge in [0.15, 0.2) is 11.5 Å². The van der Waals surface area contributed by atoms with E-state index in [4.69, 9.17) is 4.42 Å². The van der Waals surface area contributed by atoms with Crippen LogP contribution in [0, 0.1) is 0 Å².